The highest BCUT2D eigenvalue weighted by molar-refractivity contribution is 9.10. The van der Waals surface area contributed by atoms with Crippen LogP contribution in [0.25, 0.3) is 0 Å². The van der Waals surface area contributed by atoms with E-state index in [-0.39, 0.29) is 18.4 Å². The maximum absolute atomic E-state index is 12.7. The molecule has 4 saturated carbocycles. The lowest BCUT2D eigenvalue weighted by Gasteiger charge is -2.57. The fraction of sp³-hybridized carbons (Fsp3) is 0.364. The van der Waals surface area contributed by atoms with Gasteiger partial charge in [-0.2, -0.15) is 5.10 Å². The van der Waals surface area contributed by atoms with E-state index in [0.717, 1.165) is 27.9 Å². The molecule has 0 aliphatic heterocycles. The van der Waals surface area contributed by atoms with Gasteiger partial charge in [-0.25, -0.2) is 5.43 Å². The molecule has 4 aliphatic carbocycles. The minimum absolute atomic E-state index is 0.150. The quantitative estimate of drug-likeness (QED) is 0.207. The molecule has 0 unspecified atom stereocenters. The van der Waals surface area contributed by atoms with Gasteiger partial charge < -0.3 is 14.8 Å². The van der Waals surface area contributed by atoms with Gasteiger partial charge in [0.25, 0.3) is 11.8 Å². The van der Waals surface area contributed by atoms with Crippen LogP contribution in [0.1, 0.15) is 60.0 Å². The summed E-state index contributed by atoms with van der Waals surface area (Å²) >= 11 is 3.35. The number of nitrogens with zero attached hydrogens (tertiary/aromatic N) is 1. The zero-order valence-corrected chi connectivity index (χ0v) is 24.7. The predicted molar refractivity (Wildman–Crippen MR) is 163 cm³/mol. The third-order valence-electron chi connectivity index (χ3n) is 8.83. The molecule has 4 fully saturated rings. The Kier molecular flexibility index (Phi) is 7.84. The van der Waals surface area contributed by atoms with Gasteiger partial charge in [-0.05, 0) is 121 Å². The molecule has 3 aromatic rings. The number of benzene rings is 3. The van der Waals surface area contributed by atoms with E-state index in [1.807, 2.05) is 18.2 Å². The Hall–Kier alpha value is -3.65. The molecule has 0 heterocycles. The first-order chi connectivity index (χ1) is 19.9. The summed E-state index contributed by atoms with van der Waals surface area (Å²) < 4.78 is 12.0. The van der Waals surface area contributed by atoms with Gasteiger partial charge in [-0.3, -0.25) is 9.59 Å². The molecule has 0 aromatic heterocycles. The molecular formula is C33H34BrN3O4. The number of carbonyl (C=O) groups is 2. The lowest BCUT2D eigenvalue weighted by Crippen LogP contribution is -2.48. The summed E-state index contributed by atoms with van der Waals surface area (Å²) in [4.78, 5) is 24.9. The van der Waals surface area contributed by atoms with Crippen molar-refractivity contribution in [1.82, 2.24) is 5.43 Å². The smallest absolute Gasteiger partial charge is 0.271 e. The number of nitrogens with one attached hydrogen (secondary N) is 2. The Labute approximate surface area is 248 Å². The van der Waals surface area contributed by atoms with Gasteiger partial charge in [-0.15, -0.1) is 0 Å². The van der Waals surface area contributed by atoms with Crippen LogP contribution in [0.15, 0.2) is 76.3 Å². The second-order valence-corrected chi connectivity index (χ2v) is 12.6. The first-order valence-electron chi connectivity index (χ1n) is 14.2. The average Bonchev–Trinajstić information content (AvgIpc) is 2.96. The van der Waals surface area contributed by atoms with Crippen molar-refractivity contribution in [2.75, 3.05) is 19.0 Å². The van der Waals surface area contributed by atoms with Crippen molar-refractivity contribution in [3.05, 3.63) is 87.9 Å². The van der Waals surface area contributed by atoms with Gasteiger partial charge in [0.15, 0.2) is 18.1 Å². The molecule has 0 spiro atoms. The minimum atomic E-state index is -0.317. The van der Waals surface area contributed by atoms with Gasteiger partial charge in [-0.1, -0.05) is 34.1 Å². The topological polar surface area (TPSA) is 89.0 Å². The van der Waals surface area contributed by atoms with Crippen LogP contribution in [0.4, 0.5) is 5.69 Å². The first-order valence-corrected chi connectivity index (χ1v) is 15.0. The summed E-state index contributed by atoms with van der Waals surface area (Å²) in [6, 6.07) is 20.7. The lowest BCUT2D eigenvalue weighted by atomic mass is 9.48. The van der Waals surface area contributed by atoms with E-state index in [4.69, 9.17) is 9.47 Å². The van der Waals surface area contributed by atoms with Gasteiger partial charge in [0, 0.05) is 15.7 Å². The molecule has 0 radical (unpaired) electrons. The van der Waals surface area contributed by atoms with E-state index in [2.05, 4.69) is 43.9 Å². The summed E-state index contributed by atoms with van der Waals surface area (Å²) in [7, 11) is 1.53. The SMILES string of the molecule is COc1cc(/C=N/NC(=O)c2cccc(Br)c2)ccc1OCC(=O)Nc1ccc(C23CC4CC(CC(C4)C2)C3)cc1. The Morgan fingerprint density at radius 1 is 0.951 bits per heavy atom. The molecule has 8 heteroatoms. The average molecular weight is 617 g/mol. The number of hydrazone groups is 1. The number of halogens is 1. The maximum atomic E-state index is 12.7. The number of ether oxygens (including phenoxy) is 2. The predicted octanol–water partition coefficient (Wildman–Crippen LogP) is 6.71. The molecule has 7 rings (SSSR count). The monoisotopic (exact) mass is 615 g/mol. The zero-order chi connectivity index (χ0) is 28.4. The van der Waals surface area contributed by atoms with Crippen LogP contribution >= 0.6 is 15.9 Å². The fourth-order valence-electron chi connectivity index (χ4n) is 7.46. The number of hydrogen-bond acceptors (Lipinski definition) is 5. The van der Waals surface area contributed by atoms with Crippen LogP contribution in [0.3, 0.4) is 0 Å². The van der Waals surface area contributed by atoms with Gasteiger partial charge in [0.1, 0.15) is 0 Å². The van der Waals surface area contributed by atoms with Crippen LogP contribution in [0, 0.1) is 17.8 Å². The molecule has 3 aromatic carbocycles. The van der Waals surface area contributed by atoms with Crippen LogP contribution in [-0.4, -0.2) is 31.7 Å². The molecule has 4 bridgehead atoms. The summed E-state index contributed by atoms with van der Waals surface area (Å²) in [6.45, 7) is -0.150. The molecule has 2 N–H and O–H groups in total. The molecule has 41 heavy (non-hydrogen) atoms. The second-order valence-electron chi connectivity index (χ2n) is 11.7. The molecule has 4 aliphatic rings. The van der Waals surface area contributed by atoms with Crippen LogP contribution in [0.5, 0.6) is 11.5 Å². The fourth-order valence-corrected chi connectivity index (χ4v) is 7.85. The highest BCUT2D eigenvalue weighted by atomic mass is 79.9. The number of methoxy groups -OCH3 is 1. The molecule has 212 valence electrons. The molecule has 7 nitrogen and oxygen atoms in total. The lowest BCUT2D eigenvalue weighted by molar-refractivity contribution is -0.118. The third kappa shape index (κ3) is 6.17. The van der Waals surface area contributed by atoms with Crippen LogP contribution in [-0.2, 0) is 10.2 Å². The van der Waals surface area contributed by atoms with E-state index < -0.39 is 0 Å². The van der Waals surface area contributed by atoms with Crippen molar-refractivity contribution >= 4 is 39.6 Å². The number of rotatable bonds is 9. The number of amides is 2. The van der Waals surface area contributed by atoms with E-state index in [9.17, 15) is 9.59 Å². The highest BCUT2D eigenvalue weighted by Gasteiger charge is 2.51. The largest absolute Gasteiger partial charge is 0.493 e. The minimum Gasteiger partial charge on any atom is -0.493 e. The van der Waals surface area contributed by atoms with E-state index in [1.165, 1.54) is 57.4 Å². The summed E-state index contributed by atoms with van der Waals surface area (Å²) in [5.41, 5.74) is 6.26. The highest BCUT2D eigenvalue weighted by Crippen LogP contribution is 2.60. The maximum Gasteiger partial charge on any atom is 0.271 e. The summed E-state index contributed by atoms with van der Waals surface area (Å²) in [6.07, 6.45) is 9.78. The standard InChI is InChI=1S/C33H34BrN3O4/c1-40-30-14-21(19-35-37-32(39)25-3-2-4-27(34)15-25)5-10-29(30)41-20-31(38)36-28-8-6-26(7-9-28)33-16-22-11-23(17-33)13-24(12-22)18-33/h2-10,14-15,19,22-24H,11-13,16-18,20H2,1H3,(H,36,38)(H,37,39)/b35-19+. The van der Waals surface area contributed by atoms with Crippen molar-refractivity contribution in [2.45, 2.75) is 43.9 Å². The zero-order valence-electron chi connectivity index (χ0n) is 23.1. The number of anilines is 1. The summed E-state index contributed by atoms with van der Waals surface area (Å²) in [5, 5.41) is 6.98. The molecule has 2 amide bonds. The van der Waals surface area contributed by atoms with E-state index in [0.29, 0.717) is 28.0 Å². The van der Waals surface area contributed by atoms with E-state index in [1.54, 1.807) is 36.4 Å². The molecular weight excluding hydrogens is 582 g/mol. The normalized spacial score (nSPS) is 24.3. The molecule has 0 saturated heterocycles. The van der Waals surface area contributed by atoms with Gasteiger partial charge >= 0.3 is 0 Å². The second kappa shape index (κ2) is 11.7. The Bertz CT molecular complexity index is 1430. The molecule has 0 atom stereocenters. The number of carbonyl (C=O) groups excluding carboxylic acids is 2. The van der Waals surface area contributed by atoms with Crippen LogP contribution in [0.2, 0.25) is 0 Å². The Balaban J connectivity index is 1.02. The first kappa shape index (κ1) is 27.5. The Morgan fingerprint density at radius 2 is 1.66 bits per heavy atom. The van der Waals surface area contributed by atoms with Crippen molar-refractivity contribution in [3.63, 3.8) is 0 Å². The van der Waals surface area contributed by atoms with Crippen LogP contribution < -0.4 is 20.2 Å². The summed E-state index contributed by atoms with van der Waals surface area (Å²) in [5.74, 6) is 3.05. The van der Waals surface area contributed by atoms with Crippen molar-refractivity contribution in [2.24, 2.45) is 22.9 Å². The van der Waals surface area contributed by atoms with Crippen molar-refractivity contribution in [1.29, 1.82) is 0 Å². The van der Waals surface area contributed by atoms with Crippen molar-refractivity contribution in [3.8, 4) is 11.5 Å². The third-order valence-corrected chi connectivity index (χ3v) is 9.33. The van der Waals surface area contributed by atoms with E-state index >= 15 is 0 Å². The Morgan fingerprint density at radius 3 is 2.32 bits per heavy atom. The van der Waals surface area contributed by atoms with Crippen molar-refractivity contribution < 1.29 is 19.1 Å². The number of hydrogen-bond donors (Lipinski definition) is 2. The van der Waals surface area contributed by atoms with Gasteiger partial charge in [0.05, 0.1) is 13.3 Å². The van der Waals surface area contributed by atoms with Gasteiger partial charge in [0.2, 0.25) is 0 Å².